The van der Waals surface area contributed by atoms with Gasteiger partial charge in [-0.2, -0.15) is 11.8 Å². The zero-order chi connectivity index (χ0) is 12.2. The summed E-state index contributed by atoms with van der Waals surface area (Å²) in [5, 5.41) is 3.38. The number of nitrogens with one attached hydrogen (secondary N) is 1. The molecule has 0 atom stereocenters. The molecule has 0 aliphatic carbocycles. The van der Waals surface area contributed by atoms with Crippen molar-refractivity contribution >= 4 is 27.7 Å². The van der Waals surface area contributed by atoms with Gasteiger partial charge < -0.3 is 5.32 Å². The van der Waals surface area contributed by atoms with Gasteiger partial charge in [0, 0.05) is 17.8 Å². The Morgan fingerprint density at radius 1 is 1.44 bits per heavy atom. The molecular formula is C12H17BrFNS. The molecule has 0 amide bonds. The van der Waals surface area contributed by atoms with Crippen molar-refractivity contribution in [3.63, 3.8) is 0 Å². The van der Waals surface area contributed by atoms with Gasteiger partial charge in [0.2, 0.25) is 0 Å². The molecule has 0 saturated carbocycles. The van der Waals surface area contributed by atoms with Crippen LogP contribution in [-0.4, -0.2) is 17.5 Å². The summed E-state index contributed by atoms with van der Waals surface area (Å²) >= 11 is 5.02. The van der Waals surface area contributed by atoms with E-state index in [4.69, 9.17) is 0 Å². The first kappa shape index (κ1) is 14.0. The molecule has 1 aromatic carbocycles. The summed E-state index contributed by atoms with van der Waals surface area (Å²) in [7, 11) is 0. The molecule has 1 aromatic rings. The second-order valence-electron chi connectivity index (χ2n) is 4.32. The molecule has 0 aromatic heterocycles. The first-order valence-corrected chi connectivity index (χ1v) is 7.16. The molecule has 0 fully saturated rings. The minimum Gasteiger partial charge on any atom is -0.311 e. The molecule has 1 N–H and O–H groups in total. The highest BCUT2D eigenvalue weighted by molar-refractivity contribution is 9.10. The van der Waals surface area contributed by atoms with E-state index < -0.39 is 0 Å². The van der Waals surface area contributed by atoms with Crippen LogP contribution in [0.15, 0.2) is 22.7 Å². The van der Waals surface area contributed by atoms with E-state index in [1.54, 1.807) is 6.07 Å². The topological polar surface area (TPSA) is 12.0 Å². The molecule has 4 heteroatoms. The van der Waals surface area contributed by atoms with Crippen LogP contribution in [0.1, 0.15) is 19.4 Å². The molecule has 0 aliphatic rings. The highest BCUT2D eigenvalue weighted by atomic mass is 79.9. The maximum atomic E-state index is 13.0. The fourth-order valence-corrected chi connectivity index (χ4v) is 1.90. The molecule has 0 unspecified atom stereocenters. The van der Waals surface area contributed by atoms with Crippen molar-refractivity contribution in [2.24, 2.45) is 0 Å². The molecule has 0 bridgehead atoms. The Morgan fingerprint density at radius 2 is 2.12 bits per heavy atom. The average molecular weight is 306 g/mol. The van der Waals surface area contributed by atoms with Gasteiger partial charge in [-0.1, -0.05) is 6.07 Å². The van der Waals surface area contributed by atoms with Crippen LogP contribution in [0.25, 0.3) is 0 Å². The molecule has 1 nitrogen and oxygen atoms in total. The Bertz CT molecular complexity index is 355. The van der Waals surface area contributed by atoms with Gasteiger partial charge in [0.15, 0.2) is 0 Å². The van der Waals surface area contributed by atoms with E-state index in [0.717, 1.165) is 18.7 Å². The van der Waals surface area contributed by atoms with E-state index in [2.05, 4.69) is 41.3 Å². The Hall–Kier alpha value is -0.0600. The van der Waals surface area contributed by atoms with Crippen LogP contribution in [0, 0.1) is 5.82 Å². The van der Waals surface area contributed by atoms with E-state index >= 15 is 0 Å². The van der Waals surface area contributed by atoms with Crippen molar-refractivity contribution in [1.29, 1.82) is 0 Å². The quantitative estimate of drug-likeness (QED) is 0.887. The lowest BCUT2D eigenvalue weighted by molar-refractivity contribution is 0.588. The van der Waals surface area contributed by atoms with E-state index in [-0.39, 0.29) is 10.6 Å². The number of hydrogen-bond donors (Lipinski definition) is 1. The zero-order valence-corrected chi connectivity index (χ0v) is 12.2. The predicted molar refractivity (Wildman–Crippen MR) is 73.4 cm³/mol. The fourth-order valence-electron chi connectivity index (χ4n) is 1.23. The first-order chi connectivity index (χ1) is 7.44. The molecule has 1 rings (SSSR count). The van der Waals surface area contributed by atoms with Crippen molar-refractivity contribution in [2.45, 2.75) is 25.1 Å². The smallest absolute Gasteiger partial charge is 0.137 e. The number of rotatable bonds is 5. The van der Waals surface area contributed by atoms with E-state index in [1.165, 1.54) is 6.07 Å². The normalized spacial score (nSPS) is 11.8. The second-order valence-corrected chi connectivity index (χ2v) is 6.68. The summed E-state index contributed by atoms with van der Waals surface area (Å²) in [6, 6.07) is 5.11. The van der Waals surface area contributed by atoms with Gasteiger partial charge in [-0.15, -0.1) is 0 Å². The van der Waals surface area contributed by atoms with Gasteiger partial charge in [0.1, 0.15) is 5.82 Å². The van der Waals surface area contributed by atoms with E-state index in [0.29, 0.717) is 4.47 Å². The third-order valence-corrected chi connectivity index (χ3v) is 4.27. The Kier molecular flexibility index (Phi) is 5.28. The maximum absolute atomic E-state index is 13.0. The third kappa shape index (κ3) is 4.44. The highest BCUT2D eigenvalue weighted by Crippen LogP contribution is 2.20. The molecule has 0 heterocycles. The summed E-state index contributed by atoms with van der Waals surface area (Å²) in [6.07, 6.45) is 2.11. The number of halogens is 2. The van der Waals surface area contributed by atoms with Crippen molar-refractivity contribution in [3.05, 3.63) is 34.1 Å². The summed E-state index contributed by atoms with van der Waals surface area (Å²) < 4.78 is 13.8. The lowest BCUT2D eigenvalue weighted by atomic mass is 10.2. The van der Waals surface area contributed by atoms with Crippen molar-refractivity contribution in [3.8, 4) is 0 Å². The molecule has 90 valence electrons. The lowest BCUT2D eigenvalue weighted by Crippen LogP contribution is -2.31. The van der Waals surface area contributed by atoms with Gasteiger partial charge in [-0.05, 0) is 53.7 Å². The Morgan fingerprint density at radius 3 is 2.69 bits per heavy atom. The summed E-state index contributed by atoms with van der Waals surface area (Å²) in [5.41, 5.74) is 1.09. The van der Waals surface area contributed by atoms with Crippen LogP contribution >= 0.6 is 27.7 Å². The Balaban J connectivity index is 2.46. The molecule has 16 heavy (non-hydrogen) atoms. The molecular weight excluding hydrogens is 289 g/mol. The molecule has 0 radical (unpaired) electrons. The number of thioether (sulfide) groups is 1. The van der Waals surface area contributed by atoms with Crippen LogP contribution in [0.3, 0.4) is 0 Å². The maximum Gasteiger partial charge on any atom is 0.137 e. The van der Waals surface area contributed by atoms with Gasteiger partial charge in [-0.3, -0.25) is 0 Å². The molecule has 0 aliphatic heterocycles. The third-order valence-electron chi connectivity index (χ3n) is 2.42. The largest absolute Gasteiger partial charge is 0.311 e. The second kappa shape index (κ2) is 6.03. The van der Waals surface area contributed by atoms with Crippen LogP contribution in [0.4, 0.5) is 4.39 Å². The summed E-state index contributed by atoms with van der Waals surface area (Å²) in [4.78, 5) is 0. The van der Waals surface area contributed by atoms with E-state index in [9.17, 15) is 4.39 Å². The highest BCUT2D eigenvalue weighted by Gasteiger charge is 2.14. The van der Waals surface area contributed by atoms with E-state index in [1.807, 2.05) is 17.8 Å². The fraction of sp³-hybridized carbons (Fsp3) is 0.500. The van der Waals surface area contributed by atoms with Crippen LogP contribution < -0.4 is 5.32 Å². The van der Waals surface area contributed by atoms with Crippen LogP contribution in [-0.2, 0) is 6.54 Å². The minimum atomic E-state index is -0.215. The van der Waals surface area contributed by atoms with Crippen molar-refractivity contribution in [1.82, 2.24) is 5.32 Å². The Labute approximate surface area is 109 Å². The van der Waals surface area contributed by atoms with Crippen molar-refractivity contribution in [2.75, 3.05) is 12.8 Å². The van der Waals surface area contributed by atoms with Gasteiger partial charge >= 0.3 is 0 Å². The van der Waals surface area contributed by atoms with Gasteiger partial charge in [0.25, 0.3) is 0 Å². The standard InChI is InChI=1S/C12H17BrFNS/c1-12(2,16-3)8-15-7-9-4-5-11(14)10(13)6-9/h4-6,15H,7-8H2,1-3H3. The number of hydrogen-bond acceptors (Lipinski definition) is 2. The summed E-state index contributed by atoms with van der Waals surface area (Å²) in [6.45, 7) is 6.10. The number of benzene rings is 1. The SMILES string of the molecule is CSC(C)(C)CNCc1ccc(F)c(Br)c1. The molecule has 0 spiro atoms. The summed E-state index contributed by atoms with van der Waals surface area (Å²) in [5.74, 6) is -0.215. The monoisotopic (exact) mass is 305 g/mol. The predicted octanol–water partition coefficient (Wildman–Crippen LogP) is 3.82. The average Bonchev–Trinajstić information content (AvgIpc) is 2.23. The van der Waals surface area contributed by atoms with Crippen LogP contribution in [0.2, 0.25) is 0 Å². The first-order valence-electron chi connectivity index (χ1n) is 5.14. The molecule has 0 saturated heterocycles. The van der Waals surface area contributed by atoms with Crippen LogP contribution in [0.5, 0.6) is 0 Å². The zero-order valence-electron chi connectivity index (χ0n) is 9.81. The van der Waals surface area contributed by atoms with Crippen molar-refractivity contribution < 1.29 is 4.39 Å². The van der Waals surface area contributed by atoms with Gasteiger partial charge in [0.05, 0.1) is 4.47 Å². The minimum absolute atomic E-state index is 0.215. The lowest BCUT2D eigenvalue weighted by Gasteiger charge is -2.22. The van der Waals surface area contributed by atoms with Gasteiger partial charge in [-0.25, -0.2) is 4.39 Å².